The van der Waals surface area contributed by atoms with Crippen molar-refractivity contribution in [3.05, 3.63) is 35.4 Å². The minimum absolute atomic E-state index is 0.156. The van der Waals surface area contributed by atoms with Gasteiger partial charge in [-0.3, -0.25) is 0 Å². The fourth-order valence-corrected chi connectivity index (χ4v) is 1.82. The lowest BCUT2D eigenvalue weighted by atomic mass is 10.0. The van der Waals surface area contributed by atoms with E-state index in [1.165, 1.54) is 37.7 Å². The molecule has 1 N–H and O–H groups in total. The SMILES string of the molecule is CCCCCCCc1cccc(CO)c1. The van der Waals surface area contributed by atoms with E-state index in [2.05, 4.69) is 19.1 Å². The van der Waals surface area contributed by atoms with Crippen LogP contribution in [0.5, 0.6) is 0 Å². The molecule has 0 aliphatic rings. The second-order valence-corrected chi connectivity index (χ2v) is 4.14. The minimum Gasteiger partial charge on any atom is -0.392 e. The van der Waals surface area contributed by atoms with Crippen LogP contribution in [-0.2, 0) is 13.0 Å². The van der Waals surface area contributed by atoms with Gasteiger partial charge in [0, 0.05) is 0 Å². The lowest BCUT2D eigenvalue weighted by molar-refractivity contribution is 0.281. The van der Waals surface area contributed by atoms with E-state index in [1.54, 1.807) is 0 Å². The molecule has 0 aliphatic carbocycles. The molecule has 0 saturated heterocycles. The summed E-state index contributed by atoms with van der Waals surface area (Å²) in [6.45, 7) is 2.40. The van der Waals surface area contributed by atoms with E-state index >= 15 is 0 Å². The summed E-state index contributed by atoms with van der Waals surface area (Å²) in [5, 5.41) is 9.00. The molecular weight excluding hydrogens is 184 g/mol. The molecule has 1 heteroatoms. The van der Waals surface area contributed by atoms with Crippen molar-refractivity contribution < 1.29 is 5.11 Å². The average Bonchev–Trinajstić information content (AvgIpc) is 2.29. The smallest absolute Gasteiger partial charge is 0.0681 e. The number of hydrogen-bond donors (Lipinski definition) is 1. The number of aliphatic hydroxyl groups excluding tert-OH is 1. The van der Waals surface area contributed by atoms with E-state index in [0.29, 0.717) is 0 Å². The van der Waals surface area contributed by atoms with E-state index < -0.39 is 0 Å². The predicted octanol–water partition coefficient (Wildman–Crippen LogP) is 3.69. The Labute approximate surface area is 93.1 Å². The zero-order valence-electron chi connectivity index (χ0n) is 9.71. The van der Waals surface area contributed by atoms with Gasteiger partial charge in [0.2, 0.25) is 0 Å². The molecule has 15 heavy (non-hydrogen) atoms. The van der Waals surface area contributed by atoms with Gasteiger partial charge in [-0.05, 0) is 24.0 Å². The van der Waals surface area contributed by atoms with E-state index in [9.17, 15) is 0 Å². The van der Waals surface area contributed by atoms with Gasteiger partial charge in [0.1, 0.15) is 0 Å². The first-order valence-electron chi connectivity index (χ1n) is 6.05. The van der Waals surface area contributed by atoms with Crippen molar-refractivity contribution in [3.8, 4) is 0 Å². The number of aliphatic hydroxyl groups is 1. The van der Waals surface area contributed by atoms with Gasteiger partial charge in [0.25, 0.3) is 0 Å². The second-order valence-electron chi connectivity index (χ2n) is 4.14. The summed E-state index contributed by atoms with van der Waals surface area (Å²) in [7, 11) is 0. The molecule has 0 bridgehead atoms. The Morgan fingerprint density at radius 3 is 2.47 bits per heavy atom. The Morgan fingerprint density at radius 1 is 1.00 bits per heavy atom. The Balaban J connectivity index is 2.24. The molecule has 0 amide bonds. The Hall–Kier alpha value is -0.820. The van der Waals surface area contributed by atoms with Crippen LogP contribution in [0.2, 0.25) is 0 Å². The standard InChI is InChI=1S/C14H22O/c1-2-3-4-5-6-8-13-9-7-10-14(11-13)12-15/h7,9-11,15H,2-6,8,12H2,1H3. The first kappa shape index (κ1) is 12.3. The van der Waals surface area contributed by atoms with Crippen LogP contribution in [0, 0.1) is 0 Å². The molecule has 0 fully saturated rings. The fraction of sp³-hybridized carbons (Fsp3) is 0.571. The number of hydrogen-bond acceptors (Lipinski definition) is 1. The molecule has 0 saturated carbocycles. The molecule has 0 spiro atoms. The molecule has 1 aromatic carbocycles. The summed E-state index contributed by atoms with van der Waals surface area (Å²) < 4.78 is 0. The molecule has 0 radical (unpaired) electrons. The molecule has 0 atom stereocenters. The van der Waals surface area contributed by atoms with Gasteiger partial charge >= 0.3 is 0 Å². The Morgan fingerprint density at radius 2 is 1.73 bits per heavy atom. The summed E-state index contributed by atoms with van der Waals surface area (Å²) in [6, 6.07) is 8.27. The molecular formula is C14H22O. The molecule has 0 unspecified atom stereocenters. The van der Waals surface area contributed by atoms with Gasteiger partial charge in [-0.1, -0.05) is 56.9 Å². The van der Waals surface area contributed by atoms with E-state index in [-0.39, 0.29) is 6.61 Å². The number of aryl methyl sites for hydroxylation is 1. The van der Waals surface area contributed by atoms with Crippen LogP contribution >= 0.6 is 0 Å². The third-order valence-electron chi connectivity index (χ3n) is 2.74. The number of unbranched alkanes of at least 4 members (excludes halogenated alkanes) is 4. The van der Waals surface area contributed by atoms with Crippen LogP contribution in [0.15, 0.2) is 24.3 Å². The van der Waals surface area contributed by atoms with Crippen molar-refractivity contribution in [2.75, 3.05) is 0 Å². The van der Waals surface area contributed by atoms with Crippen molar-refractivity contribution in [2.24, 2.45) is 0 Å². The topological polar surface area (TPSA) is 20.2 Å². The van der Waals surface area contributed by atoms with Gasteiger partial charge in [-0.25, -0.2) is 0 Å². The van der Waals surface area contributed by atoms with Crippen molar-refractivity contribution in [3.63, 3.8) is 0 Å². The lowest BCUT2D eigenvalue weighted by Gasteiger charge is -2.03. The Kier molecular flexibility index (Phi) is 6.10. The summed E-state index contributed by atoms with van der Waals surface area (Å²) in [5.74, 6) is 0. The zero-order valence-corrected chi connectivity index (χ0v) is 9.71. The molecule has 1 rings (SSSR count). The summed E-state index contributed by atoms with van der Waals surface area (Å²) in [5.41, 5.74) is 2.39. The molecule has 1 aromatic rings. The van der Waals surface area contributed by atoms with Crippen molar-refractivity contribution in [2.45, 2.75) is 52.1 Å². The highest BCUT2D eigenvalue weighted by molar-refractivity contribution is 5.22. The van der Waals surface area contributed by atoms with Crippen LogP contribution < -0.4 is 0 Å². The molecule has 84 valence electrons. The first-order valence-corrected chi connectivity index (χ1v) is 6.05. The van der Waals surface area contributed by atoms with Gasteiger partial charge in [0.15, 0.2) is 0 Å². The lowest BCUT2D eigenvalue weighted by Crippen LogP contribution is -1.89. The first-order chi connectivity index (χ1) is 7.36. The highest BCUT2D eigenvalue weighted by Gasteiger charge is 1.95. The highest BCUT2D eigenvalue weighted by Crippen LogP contribution is 2.10. The second kappa shape index (κ2) is 7.47. The van der Waals surface area contributed by atoms with Crippen LogP contribution in [0.1, 0.15) is 50.2 Å². The van der Waals surface area contributed by atoms with Gasteiger partial charge in [-0.2, -0.15) is 0 Å². The fourth-order valence-electron chi connectivity index (χ4n) is 1.82. The van der Waals surface area contributed by atoms with E-state index in [1.807, 2.05) is 12.1 Å². The molecule has 0 aliphatic heterocycles. The third-order valence-corrected chi connectivity index (χ3v) is 2.74. The molecule has 1 nitrogen and oxygen atoms in total. The monoisotopic (exact) mass is 206 g/mol. The minimum atomic E-state index is 0.156. The van der Waals surface area contributed by atoms with E-state index in [0.717, 1.165) is 12.0 Å². The predicted molar refractivity (Wildman–Crippen MR) is 64.8 cm³/mol. The third kappa shape index (κ3) is 4.98. The maximum atomic E-state index is 9.00. The quantitative estimate of drug-likeness (QED) is 0.674. The van der Waals surface area contributed by atoms with Crippen molar-refractivity contribution >= 4 is 0 Å². The summed E-state index contributed by atoms with van der Waals surface area (Å²) >= 11 is 0. The average molecular weight is 206 g/mol. The highest BCUT2D eigenvalue weighted by atomic mass is 16.3. The maximum absolute atomic E-state index is 9.00. The maximum Gasteiger partial charge on any atom is 0.0681 e. The van der Waals surface area contributed by atoms with Crippen molar-refractivity contribution in [1.29, 1.82) is 0 Å². The number of benzene rings is 1. The van der Waals surface area contributed by atoms with E-state index in [4.69, 9.17) is 5.11 Å². The largest absolute Gasteiger partial charge is 0.392 e. The molecule has 0 aromatic heterocycles. The van der Waals surface area contributed by atoms with Crippen LogP contribution in [0.25, 0.3) is 0 Å². The number of rotatable bonds is 7. The van der Waals surface area contributed by atoms with Crippen LogP contribution in [-0.4, -0.2) is 5.11 Å². The van der Waals surface area contributed by atoms with Crippen LogP contribution in [0.4, 0.5) is 0 Å². The normalized spacial score (nSPS) is 10.5. The van der Waals surface area contributed by atoms with Gasteiger partial charge in [0.05, 0.1) is 6.61 Å². The Bertz CT molecular complexity index is 268. The summed E-state index contributed by atoms with van der Waals surface area (Å²) in [6.07, 6.45) is 7.77. The zero-order chi connectivity index (χ0) is 10.9. The van der Waals surface area contributed by atoms with Gasteiger partial charge < -0.3 is 5.11 Å². The summed E-state index contributed by atoms with van der Waals surface area (Å²) in [4.78, 5) is 0. The van der Waals surface area contributed by atoms with Crippen molar-refractivity contribution in [1.82, 2.24) is 0 Å². The van der Waals surface area contributed by atoms with Crippen LogP contribution in [0.3, 0.4) is 0 Å². The van der Waals surface area contributed by atoms with Gasteiger partial charge in [-0.15, -0.1) is 0 Å². The molecule has 0 heterocycles.